The number of carboxylic acid groups (broad SMARTS) is 1. The van der Waals surface area contributed by atoms with Gasteiger partial charge in [-0.25, -0.2) is 9.78 Å². The number of aliphatic hydroxyl groups is 1. The number of hydrogen-bond donors (Lipinski definition) is 3. The average Bonchev–Trinajstić information content (AvgIpc) is 2.71. The molecule has 96 valence electrons. The summed E-state index contributed by atoms with van der Waals surface area (Å²) in [7, 11) is 0. The van der Waals surface area contributed by atoms with Gasteiger partial charge in [0.25, 0.3) is 5.91 Å². The number of anilines is 1. The summed E-state index contributed by atoms with van der Waals surface area (Å²) in [5, 5.41) is 18.7. The first kappa shape index (κ1) is 12.3. The van der Waals surface area contributed by atoms with Crippen molar-refractivity contribution in [1.82, 2.24) is 4.98 Å². The van der Waals surface area contributed by atoms with Crippen molar-refractivity contribution in [2.45, 2.75) is 18.6 Å². The van der Waals surface area contributed by atoms with Crippen molar-refractivity contribution in [3.63, 3.8) is 0 Å². The molecule has 2 rings (SSSR count). The second kappa shape index (κ2) is 4.61. The molecule has 7 nitrogen and oxygen atoms in total. The van der Waals surface area contributed by atoms with Crippen LogP contribution >= 0.6 is 0 Å². The monoisotopic (exact) mass is 251 g/mol. The highest BCUT2D eigenvalue weighted by molar-refractivity contribution is 5.98. The first-order valence-corrected chi connectivity index (χ1v) is 5.43. The number of aromatic nitrogens is 1. The number of β-amino-alcohol motifs (C(OH)–C–C–N with tert-alkyl or cyclic N) is 1. The lowest BCUT2D eigenvalue weighted by atomic mass is 10.2. The van der Waals surface area contributed by atoms with Crippen LogP contribution in [-0.2, 0) is 4.79 Å². The van der Waals surface area contributed by atoms with Gasteiger partial charge in [-0.2, -0.15) is 0 Å². The molecule has 0 saturated carbocycles. The van der Waals surface area contributed by atoms with E-state index in [0.717, 1.165) is 0 Å². The number of nitrogens with two attached hydrogens (primary N) is 1. The highest BCUT2D eigenvalue weighted by atomic mass is 16.4. The van der Waals surface area contributed by atoms with E-state index in [1.165, 1.54) is 17.2 Å². The van der Waals surface area contributed by atoms with Gasteiger partial charge < -0.3 is 20.8 Å². The number of amides is 1. The van der Waals surface area contributed by atoms with Crippen LogP contribution in [0.25, 0.3) is 0 Å². The van der Waals surface area contributed by atoms with E-state index in [9.17, 15) is 14.7 Å². The molecule has 0 aliphatic carbocycles. The Morgan fingerprint density at radius 3 is 2.83 bits per heavy atom. The Hall–Kier alpha value is -2.15. The Morgan fingerprint density at radius 1 is 1.50 bits per heavy atom. The fourth-order valence-corrected chi connectivity index (χ4v) is 2.10. The molecule has 0 bridgehead atoms. The number of carboxylic acids is 1. The minimum Gasteiger partial charge on any atom is -0.480 e. The lowest BCUT2D eigenvalue weighted by Crippen LogP contribution is -2.38. The zero-order chi connectivity index (χ0) is 13.3. The number of aliphatic hydroxyl groups excluding tert-OH is 1. The zero-order valence-corrected chi connectivity index (χ0v) is 9.48. The summed E-state index contributed by atoms with van der Waals surface area (Å²) in [5.41, 5.74) is 5.37. The van der Waals surface area contributed by atoms with Crippen molar-refractivity contribution in [2.75, 3.05) is 11.4 Å². The SMILES string of the molecule is NC(=O)c1cccnc1N1CC(O)CC1C(=O)O. The van der Waals surface area contributed by atoms with Crippen LogP contribution in [-0.4, -0.2) is 45.8 Å². The first-order chi connectivity index (χ1) is 8.50. The molecule has 1 fully saturated rings. The standard InChI is InChI=1S/C11H13N3O4/c12-9(16)7-2-1-3-13-10(7)14-5-6(15)4-8(14)11(17)18/h1-3,6,8,15H,4-5H2,(H2,12,16)(H,17,18). The molecule has 1 aliphatic heterocycles. The van der Waals surface area contributed by atoms with E-state index < -0.39 is 24.0 Å². The number of aliphatic carboxylic acids is 1. The van der Waals surface area contributed by atoms with Crippen molar-refractivity contribution in [3.8, 4) is 0 Å². The average molecular weight is 251 g/mol. The Balaban J connectivity index is 2.41. The maximum Gasteiger partial charge on any atom is 0.326 e. The summed E-state index contributed by atoms with van der Waals surface area (Å²) >= 11 is 0. The fraction of sp³-hybridized carbons (Fsp3) is 0.364. The van der Waals surface area contributed by atoms with Crippen LogP contribution in [0, 0.1) is 0 Å². The second-order valence-corrected chi connectivity index (χ2v) is 4.13. The van der Waals surface area contributed by atoms with Crippen LogP contribution in [0.5, 0.6) is 0 Å². The Kier molecular flexibility index (Phi) is 3.15. The van der Waals surface area contributed by atoms with Crippen molar-refractivity contribution in [3.05, 3.63) is 23.9 Å². The van der Waals surface area contributed by atoms with E-state index in [0.29, 0.717) is 0 Å². The number of carbonyl (C=O) groups is 2. The van der Waals surface area contributed by atoms with Crippen molar-refractivity contribution >= 4 is 17.7 Å². The molecule has 0 radical (unpaired) electrons. The van der Waals surface area contributed by atoms with E-state index in [1.54, 1.807) is 6.07 Å². The minimum atomic E-state index is -1.06. The maximum absolute atomic E-state index is 11.3. The predicted molar refractivity (Wildman–Crippen MR) is 62.1 cm³/mol. The summed E-state index contributed by atoms with van der Waals surface area (Å²) in [6.07, 6.45) is 0.795. The van der Waals surface area contributed by atoms with Gasteiger partial charge in [-0.15, -0.1) is 0 Å². The van der Waals surface area contributed by atoms with Gasteiger partial charge in [0, 0.05) is 19.2 Å². The molecule has 2 atom stereocenters. The molecular formula is C11H13N3O4. The van der Waals surface area contributed by atoms with Crippen LogP contribution in [0.2, 0.25) is 0 Å². The van der Waals surface area contributed by atoms with Gasteiger partial charge in [0.1, 0.15) is 11.9 Å². The number of nitrogens with zero attached hydrogens (tertiary/aromatic N) is 2. The molecule has 1 amide bonds. The van der Waals surface area contributed by atoms with E-state index in [4.69, 9.17) is 10.8 Å². The third-order valence-electron chi connectivity index (χ3n) is 2.89. The smallest absolute Gasteiger partial charge is 0.326 e. The van der Waals surface area contributed by atoms with E-state index in [2.05, 4.69) is 4.98 Å². The van der Waals surface area contributed by atoms with Crippen molar-refractivity contribution < 1.29 is 19.8 Å². The van der Waals surface area contributed by atoms with Crippen molar-refractivity contribution in [2.24, 2.45) is 5.73 Å². The van der Waals surface area contributed by atoms with Gasteiger partial charge in [-0.1, -0.05) is 0 Å². The molecule has 0 aromatic carbocycles. The molecule has 2 heterocycles. The molecule has 0 spiro atoms. The molecule has 1 saturated heterocycles. The largest absolute Gasteiger partial charge is 0.480 e. The Morgan fingerprint density at radius 2 is 2.22 bits per heavy atom. The Bertz CT molecular complexity index is 491. The predicted octanol–water partition coefficient (Wildman–Crippen LogP) is -0.795. The molecule has 1 aromatic heterocycles. The van der Waals surface area contributed by atoms with Crippen LogP contribution < -0.4 is 10.6 Å². The van der Waals surface area contributed by atoms with Crippen LogP contribution in [0.1, 0.15) is 16.8 Å². The third kappa shape index (κ3) is 2.12. The lowest BCUT2D eigenvalue weighted by molar-refractivity contribution is -0.138. The summed E-state index contributed by atoms with van der Waals surface area (Å²) in [5.74, 6) is -1.54. The van der Waals surface area contributed by atoms with Crippen LogP contribution in [0.15, 0.2) is 18.3 Å². The normalized spacial score (nSPS) is 23.1. The van der Waals surface area contributed by atoms with Crippen LogP contribution in [0.4, 0.5) is 5.82 Å². The quantitative estimate of drug-likeness (QED) is 0.647. The molecule has 7 heteroatoms. The molecule has 1 aromatic rings. The van der Waals surface area contributed by atoms with Crippen molar-refractivity contribution in [1.29, 1.82) is 0 Å². The van der Waals surface area contributed by atoms with Gasteiger partial charge in [0.2, 0.25) is 0 Å². The van der Waals surface area contributed by atoms with Gasteiger partial charge in [-0.3, -0.25) is 4.79 Å². The summed E-state index contributed by atoms with van der Waals surface area (Å²) in [6, 6.07) is 2.13. The third-order valence-corrected chi connectivity index (χ3v) is 2.89. The Labute approximate surface area is 103 Å². The highest BCUT2D eigenvalue weighted by Crippen LogP contribution is 2.26. The summed E-state index contributed by atoms with van der Waals surface area (Å²) in [6.45, 7) is 0.119. The minimum absolute atomic E-state index is 0.101. The van der Waals surface area contributed by atoms with Gasteiger partial charge in [0.05, 0.1) is 11.7 Å². The number of hydrogen-bond acceptors (Lipinski definition) is 5. The molecular weight excluding hydrogens is 238 g/mol. The van der Waals surface area contributed by atoms with E-state index in [1.807, 2.05) is 0 Å². The molecule has 1 aliphatic rings. The van der Waals surface area contributed by atoms with Gasteiger partial charge in [-0.05, 0) is 12.1 Å². The lowest BCUT2D eigenvalue weighted by Gasteiger charge is -2.23. The summed E-state index contributed by atoms with van der Waals surface area (Å²) < 4.78 is 0. The number of rotatable bonds is 3. The molecule has 2 unspecified atom stereocenters. The fourth-order valence-electron chi connectivity index (χ4n) is 2.10. The topological polar surface area (TPSA) is 117 Å². The number of carbonyl (C=O) groups excluding carboxylic acids is 1. The number of primary amides is 1. The number of pyridine rings is 1. The van der Waals surface area contributed by atoms with Gasteiger partial charge >= 0.3 is 5.97 Å². The molecule has 4 N–H and O–H groups in total. The van der Waals surface area contributed by atoms with E-state index >= 15 is 0 Å². The highest BCUT2D eigenvalue weighted by Gasteiger charge is 2.38. The molecule has 18 heavy (non-hydrogen) atoms. The zero-order valence-electron chi connectivity index (χ0n) is 9.48. The van der Waals surface area contributed by atoms with Crippen LogP contribution in [0.3, 0.4) is 0 Å². The summed E-state index contributed by atoms with van der Waals surface area (Å²) in [4.78, 5) is 27.8. The van der Waals surface area contributed by atoms with E-state index in [-0.39, 0.29) is 24.3 Å². The van der Waals surface area contributed by atoms with Gasteiger partial charge in [0.15, 0.2) is 0 Å². The second-order valence-electron chi connectivity index (χ2n) is 4.13. The maximum atomic E-state index is 11.3. The first-order valence-electron chi connectivity index (χ1n) is 5.43.